The number of para-hydroxylation sites is 1. The predicted octanol–water partition coefficient (Wildman–Crippen LogP) is 12.2. The lowest BCUT2D eigenvalue weighted by Gasteiger charge is -2.18. The highest BCUT2D eigenvalue weighted by Crippen LogP contribution is 2.47. The molecule has 0 aliphatic heterocycles. The summed E-state index contributed by atoms with van der Waals surface area (Å²) in [5, 5.41) is 10.3. The Hall–Kier alpha value is -6.03. The summed E-state index contributed by atoms with van der Waals surface area (Å²) in [6.45, 7) is 0. The SMILES string of the molecule is O=c1c2ccccc2c2ccccc2n1-c1ccc(-c2c3ccccc3c(-c3cccc4c3sc3ccccc34)c3ccccc23)cc1. The van der Waals surface area contributed by atoms with Crippen LogP contribution in [0.4, 0.5) is 0 Å². The number of hydrogen-bond donors (Lipinski definition) is 0. The molecular formula is C45H27NOS. The van der Waals surface area contributed by atoms with Crippen molar-refractivity contribution in [2.24, 2.45) is 0 Å². The quantitative estimate of drug-likeness (QED) is 0.141. The van der Waals surface area contributed by atoms with Gasteiger partial charge in [0.2, 0.25) is 0 Å². The van der Waals surface area contributed by atoms with Gasteiger partial charge in [-0.05, 0) is 74.0 Å². The molecule has 0 fully saturated rings. The van der Waals surface area contributed by atoms with Gasteiger partial charge in [0.1, 0.15) is 0 Å². The fourth-order valence-electron chi connectivity index (χ4n) is 7.74. The van der Waals surface area contributed by atoms with Crippen LogP contribution in [0.1, 0.15) is 0 Å². The molecule has 0 unspecified atom stereocenters. The second kappa shape index (κ2) is 10.5. The fourth-order valence-corrected chi connectivity index (χ4v) is 8.96. The van der Waals surface area contributed by atoms with Crippen LogP contribution >= 0.6 is 11.3 Å². The van der Waals surface area contributed by atoms with Crippen molar-refractivity contribution in [2.45, 2.75) is 0 Å². The second-order valence-electron chi connectivity index (χ2n) is 12.4. The van der Waals surface area contributed by atoms with E-state index in [1.807, 2.05) is 58.4 Å². The first kappa shape index (κ1) is 27.1. The molecule has 224 valence electrons. The zero-order chi connectivity index (χ0) is 31.8. The molecule has 10 rings (SSSR count). The zero-order valence-corrected chi connectivity index (χ0v) is 26.7. The number of hydrogen-bond acceptors (Lipinski definition) is 2. The Kier molecular flexibility index (Phi) is 5.93. The van der Waals surface area contributed by atoms with Crippen LogP contribution in [0.3, 0.4) is 0 Å². The van der Waals surface area contributed by atoms with Crippen molar-refractivity contribution in [2.75, 3.05) is 0 Å². The molecule has 0 N–H and O–H groups in total. The normalized spacial score (nSPS) is 11.8. The van der Waals surface area contributed by atoms with Gasteiger partial charge in [-0.3, -0.25) is 9.36 Å². The van der Waals surface area contributed by atoms with Crippen LogP contribution in [-0.4, -0.2) is 4.57 Å². The topological polar surface area (TPSA) is 22.0 Å². The first-order valence-electron chi connectivity index (χ1n) is 16.2. The Morgan fingerprint density at radius 2 is 0.917 bits per heavy atom. The summed E-state index contributed by atoms with van der Waals surface area (Å²) in [5.74, 6) is 0. The van der Waals surface area contributed by atoms with Gasteiger partial charge >= 0.3 is 0 Å². The average molecular weight is 630 g/mol. The van der Waals surface area contributed by atoms with Crippen molar-refractivity contribution < 1.29 is 0 Å². The molecule has 48 heavy (non-hydrogen) atoms. The number of benzene rings is 8. The number of rotatable bonds is 3. The summed E-state index contributed by atoms with van der Waals surface area (Å²) in [6, 6.07) is 57.6. The average Bonchev–Trinajstić information content (AvgIpc) is 3.54. The minimum absolute atomic E-state index is 0.00674. The van der Waals surface area contributed by atoms with E-state index in [1.165, 1.54) is 58.4 Å². The molecule has 2 nitrogen and oxygen atoms in total. The fraction of sp³-hybridized carbons (Fsp3) is 0. The van der Waals surface area contributed by atoms with E-state index in [4.69, 9.17) is 0 Å². The maximum atomic E-state index is 13.9. The summed E-state index contributed by atoms with van der Waals surface area (Å²) in [7, 11) is 0. The van der Waals surface area contributed by atoms with E-state index in [0.29, 0.717) is 0 Å². The van der Waals surface area contributed by atoms with E-state index in [0.717, 1.165) is 32.9 Å². The van der Waals surface area contributed by atoms with Crippen molar-refractivity contribution in [3.8, 4) is 27.9 Å². The molecule has 0 spiro atoms. The molecule has 0 saturated carbocycles. The molecule has 0 amide bonds. The van der Waals surface area contributed by atoms with Gasteiger partial charge in [-0.15, -0.1) is 11.3 Å². The maximum absolute atomic E-state index is 13.9. The van der Waals surface area contributed by atoms with Gasteiger partial charge in [0.15, 0.2) is 0 Å². The molecule has 0 atom stereocenters. The zero-order valence-electron chi connectivity index (χ0n) is 25.9. The Bertz CT molecular complexity index is 2910. The molecule has 3 heteroatoms. The minimum atomic E-state index is -0.00674. The summed E-state index contributed by atoms with van der Waals surface area (Å²) in [4.78, 5) is 13.9. The Balaban J connectivity index is 1.22. The third kappa shape index (κ3) is 3.89. The molecule has 0 radical (unpaired) electrons. The largest absolute Gasteiger partial charge is 0.276 e. The van der Waals surface area contributed by atoms with Crippen molar-refractivity contribution in [1.29, 1.82) is 0 Å². The van der Waals surface area contributed by atoms with Crippen LogP contribution in [0.2, 0.25) is 0 Å². The van der Waals surface area contributed by atoms with E-state index < -0.39 is 0 Å². The van der Waals surface area contributed by atoms with Gasteiger partial charge in [0.05, 0.1) is 5.52 Å². The van der Waals surface area contributed by atoms with E-state index in [-0.39, 0.29) is 5.56 Å². The van der Waals surface area contributed by atoms with Crippen LogP contribution in [0, 0.1) is 0 Å². The van der Waals surface area contributed by atoms with E-state index >= 15 is 0 Å². The molecule has 0 saturated heterocycles. The molecule has 2 aromatic heterocycles. The summed E-state index contributed by atoms with van der Waals surface area (Å²) < 4.78 is 4.48. The van der Waals surface area contributed by atoms with E-state index in [1.54, 1.807) is 0 Å². The van der Waals surface area contributed by atoms with Crippen LogP contribution in [-0.2, 0) is 0 Å². The van der Waals surface area contributed by atoms with E-state index in [9.17, 15) is 4.79 Å². The third-order valence-electron chi connectivity index (χ3n) is 9.81. The molecule has 8 aromatic carbocycles. The highest BCUT2D eigenvalue weighted by atomic mass is 32.1. The molecule has 0 aliphatic carbocycles. The summed E-state index contributed by atoms with van der Waals surface area (Å²) in [5.41, 5.74) is 6.62. The maximum Gasteiger partial charge on any atom is 0.263 e. The van der Waals surface area contributed by atoms with Crippen molar-refractivity contribution in [3.05, 3.63) is 174 Å². The second-order valence-corrected chi connectivity index (χ2v) is 13.4. The van der Waals surface area contributed by atoms with Crippen molar-refractivity contribution in [1.82, 2.24) is 4.57 Å². The summed E-state index contributed by atoms with van der Waals surface area (Å²) in [6.07, 6.45) is 0. The van der Waals surface area contributed by atoms with Crippen LogP contribution in [0.25, 0.3) is 91.3 Å². The van der Waals surface area contributed by atoms with E-state index in [2.05, 4.69) is 121 Å². The Morgan fingerprint density at radius 3 is 1.60 bits per heavy atom. The molecule has 10 aromatic rings. The first-order chi connectivity index (χ1) is 23.8. The first-order valence-corrected chi connectivity index (χ1v) is 17.1. The van der Waals surface area contributed by atoms with Gasteiger partial charge in [-0.2, -0.15) is 0 Å². The lowest BCUT2D eigenvalue weighted by atomic mass is 9.85. The monoisotopic (exact) mass is 629 g/mol. The highest BCUT2D eigenvalue weighted by Gasteiger charge is 2.20. The standard InChI is InChI=1S/C45H27NOS/c47-45-38-19-6-1-12-30(38)31-13-7-9-22-40(31)46(45)29-26-24-28(25-27-29)42-33-15-2-4-17-35(33)43(36-18-5-3-16-34(36)42)39-21-11-20-37-32-14-8-10-23-41(32)48-44(37)39/h1-27H. The van der Waals surface area contributed by atoms with Crippen molar-refractivity contribution >= 4 is 74.7 Å². The number of fused-ring (bicyclic) bond motifs is 8. The highest BCUT2D eigenvalue weighted by molar-refractivity contribution is 7.26. The smallest absolute Gasteiger partial charge is 0.263 e. The van der Waals surface area contributed by atoms with Crippen LogP contribution < -0.4 is 5.56 Å². The van der Waals surface area contributed by atoms with Crippen LogP contribution in [0.15, 0.2) is 169 Å². The number of thiophene rings is 1. The van der Waals surface area contributed by atoms with Gasteiger partial charge in [-0.25, -0.2) is 0 Å². The number of pyridine rings is 1. The third-order valence-corrected chi connectivity index (χ3v) is 11.0. The molecule has 0 aliphatic rings. The lowest BCUT2D eigenvalue weighted by Crippen LogP contribution is -2.19. The molecule has 2 heterocycles. The van der Waals surface area contributed by atoms with Crippen LogP contribution in [0.5, 0.6) is 0 Å². The van der Waals surface area contributed by atoms with Crippen molar-refractivity contribution in [3.63, 3.8) is 0 Å². The van der Waals surface area contributed by atoms with Gasteiger partial charge < -0.3 is 0 Å². The molecular weight excluding hydrogens is 603 g/mol. The Labute approximate surface area is 280 Å². The lowest BCUT2D eigenvalue weighted by molar-refractivity contribution is 1.06. The molecule has 0 bridgehead atoms. The summed E-state index contributed by atoms with van der Waals surface area (Å²) >= 11 is 1.87. The number of aromatic nitrogens is 1. The van der Waals surface area contributed by atoms with Gasteiger partial charge in [0.25, 0.3) is 5.56 Å². The minimum Gasteiger partial charge on any atom is -0.276 e. The van der Waals surface area contributed by atoms with Gasteiger partial charge in [0, 0.05) is 42.2 Å². The Morgan fingerprint density at radius 1 is 0.396 bits per heavy atom. The predicted molar refractivity (Wildman–Crippen MR) is 206 cm³/mol. The number of nitrogens with zero attached hydrogens (tertiary/aromatic N) is 1. The van der Waals surface area contributed by atoms with Gasteiger partial charge in [-0.1, -0.05) is 133 Å².